The Kier molecular flexibility index (Phi) is 2.12. The van der Waals surface area contributed by atoms with Crippen molar-refractivity contribution in [2.75, 3.05) is 0 Å². The van der Waals surface area contributed by atoms with E-state index >= 15 is 0 Å². The summed E-state index contributed by atoms with van der Waals surface area (Å²) in [5, 5.41) is 10.2. The Morgan fingerprint density at radius 2 is 2.00 bits per heavy atom. The van der Waals surface area contributed by atoms with Gasteiger partial charge in [0, 0.05) is 0 Å². The zero-order valence-electron chi connectivity index (χ0n) is 10.2. The number of nitriles is 1. The Labute approximate surface area is 115 Å². The molecule has 1 aromatic carbocycles. The number of hydrogen-bond acceptors (Lipinski definition) is 2. The van der Waals surface area contributed by atoms with Gasteiger partial charge in [0.2, 0.25) is 0 Å². The van der Waals surface area contributed by atoms with Crippen LogP contribution in [0, 0.1) is 11.3 Å². The van der Waals surface area contributed by atoms with E-state index in [-0.39, 0.29) is 0 Å². The smallest absolute Gasteiger partial charge is 0.157 e. The van der Waals surface area contributed by atoms with Gasteiger partial charge in [-0.05, 0) is 42.5 Å². The fraction of sp³-hybridized carbons (Fsp3) is 0.200. The number of pyridine rings is 1. The van der Waals surface area contributed by atoms with Crippen molar-refractivity contribution in [1.82, 2.24) is 9.38 Å². The summed E-state index contributed by atoms with van der Waals surface area (Å²) in [7, 11) is 0. The summed E-state index contributed by atoms with van der Waals surface area (Å²) in [5.41, 5.74) is 5.44. The molecule has 2 heterocycles. The Hall–Kier alpha value is -2.05. The fourth-order valence-corrected chi connectivity index (χ4v) is 3.41. The molecule has 0 aliphatic heterocycles. The van der Waals surface area contributed by atoms with Gasteiger partial charge in [-0.25, -0.2) is 4.98 Å². The van der Waals surface area contributed by atoms with E-state index in [1.807, 2.05) is 28.7 Å². The van der Waals surface area contributed by atoms with Gasteiger partial charge in [0.25, 0.3) is 0 Å². The van der Waals surface area contributed by atoms with Crippen molar-refractivity contribution in [3.8, 4) is 6.07 Å². The maximum absolute atomic E-state index is 9.47. The van der Waals surface area contributed by atoms with Gasteiger partial charge in [-0.3, -0.25) is 4.40 Å². The van der Waals surface area contributed by atoms with Gasteiger partial charge in [0.15, 0.2) is 5.65 Å². The molecule has 3 aromatic rings. The largest absolute Gasteiger partial charge is 0.281 e. The number of halogens is 1. The highest BCUT2D eigenvalue weighted by Gasteiger charge is 2.24. The third-order valence-corrected chi connectivity index (χ3v) is 4.26. The summed E-state index contributed by atoms with van der Waals surface area (Å²) in [4.78, 5) is 4.58. The molecule has 1 aliphatic carbocycles. The summed E-state index contributed by atoms with van der Waals surface area (Å²) in [6.07, 6.45) is 2.94. The number of benzene rings is 1. The van der Waals surface area contributed by atoms with E-state index < -0.39 is 0 Å². The molecule has 0 spiro atoms. The standard InChI is InChI=1S/C15H10ClN3/c16-14-10-5-3-4-9(10)11(8-17)15-18-12-6-1-2-7-13(12)19(14)15/h1-2,6-7H,3-5H2. The van der Waals surface area contributed by atoms with E-state index in [0.717, 1.165) is 46.6 Å². The quantitative estimate of drug-likeness (QED) is 0.585. The predicted molar refractivity (Wildman–Crippen MR) is 74.4 cm³/mol. The summed E-state index contributed by atoms with van der Waals surface area (Å²) in [6, 6.07) is 10.2. The number of rotatable bonds is 0. The molecule has 2 aromatic heterocycles. The molecular formula is C15H10ClN3. The average molecular weight is 268 g/mol. The maximum atomic E-state index is 9.47. The van der Waals surface area contributed by atoms with Crippen LogP contribution in [0.2, 0.25) is 5.15 Å². The zero-order valence-corrected chi connectivity index (χ0v) is 10.9. The van der Waals surface area contributed by atoms with E-state index in [9.17, 15) is 5.26 Å². The first-order valence-electron chi connectivity index (χ1n) is 6.32. The molecule has 0 saturated carbocycles. The van der Waals surface area contributed by atoms with Gasteiger partial charge in [0.05, 0.1) is 16.6 Å². The van der Waals surface area contributed by atoms with Crippen molar-refractivity contribution in [3.63, 3.8) is 0 Å². The predicted octanol–water partition coefficient (Wildman–Crippen LogP) is 3.50. The van der Waals surface area contributed by atoms with Crippen LogP contribution < -0.4 is 0 Å². The summed E-state index contributed by atoms with van der Waals surface area (Å²) in [5.74, 6) is 0. The number of imidazole rings is 1. The molecule has 19 heavy (non-hydrogen) atoms. The second-order valence-corrected chi connectivity index (χ2v) is 5.21. The van der Waals surface area contributed by atoms with E-state index in [4.69, 9.17) is 11.6 Å². The van der Waals surface area contributed by atoms with Gasteiger partial charge in [-0.15, -0.1) is 0 Å². The second kappa shape index (κ2) is 3.72. The third kappa shape index (κ3) is 1.30. The van der Waals surface area contributed by atoms with Crippen LogP contribution in [0.15, 0.2) is 24.3 Å². The highest BCUT2D eigenvalue weighted by molar-refractivity contribution is 6.31. The highest BCUT2D eigenvalue weighted by Crippen LogP contribution is 2.35. The van der Waals surface area contributed by atoms with E-state index in [2.05, 4.69) is 11.1 Å². The van der Waals surface area contributed by atoms with Crippen LogP contribution in [0.3, 0.4) is 0 Å². The van der Waals surface area contributed by atoms with Gasteiger partial charge in [-0.2, -0.15) is 5.26 Å². The van der Waals surface area contributed by atoms with E-state index in [1.54, 1.807) is 0 Å². The van der Waals surface area contributed by atoms with Gasteiger partial charge in [0.1, 0.15) is 11.2 Å². The minimum atomic E-state index is 0.688. The minimum Gasteiger partial charge on any atom is -0.281 e. The molecule has 4 rings (SSSR count). The molecule has 92 valence electrons. The first-order valence-corrected chi connectivity index (χ1v) is 6.69. The van der Waals surface area contributed by atoms with Crippen LogP contribution in [-0.4, -0.2) is 9.38 Å². The van der Waals surface area contributed by atoms with Crippen LogP contribution in [0.1, 0.15) is 23.1 Å². The molecule has 0 radical (unpaired) electrons. The minimum absolute atomic E-state index is 0.688. The molecule has 0 atom stereocenters. The topological polar surface area (TPSA) is 41.1 Å². The molecule has 3 nitrogen and oxygen atoms in total. The maximum Gasteiger partial charge on any atom is 0.157 e. The molecular weight excluding hydrogens is 258 g/mol. The van der Waals surface area contributed by atoms with Gasteiger partial charge in [-0.1, -0.05) is 23.7 Å². The molecule has 4 heteroatoms. The molecule has 0 saturated heterocycles. The molecule has 0 bridgehead atoms. The van der Waals surface area contributed by atoms with Crippen molar-refractivity contribution in [1.29, 1.82) is 5.26 Å². The number of hydrogen-bond donors (Lipinski definition) is 0. The van der Waals surface area contributed by atoms with Crippen LogP contribution in [0.25, 0.3) is 16.7 Å². The van der Waals surface area contributed by atoms with Crippen molar-refractivity contribution in [2.45, 2.75) is 19.3 Å². The number of para-hydroxylation sites is 2. The first-order chi connectivity index (χ1) is 9.31. The monoisotopic (exact) mass is 267 g/mol. The lowest BCUT2D eigenvalue weighted by molar-refractivity contribution is 0.910. The summed E-state index contributed by atoms with van der Waals surface area (Å²) < 4.78 is 1.92. The summed E-state index contributed by atoms with van der Waals surface area (Å²) >= 11 is 6.55. The Morgan fingerprint density at radius 1 is 1.21 bits per heavy atom. The van der Waals surface area contributed by atoms with Crippen molar-refractivity contribution >= 4 is 28.3 Å². The van der Waals surface area contributed by atoms with Crippen LogP contribution >= 0.6 is 11.6 Å². The molecule has 1 aliphatic rings. The Morgan fingerprint density at radius 3 is 2.84 bits per heavy atom. The molecule has 0 unspecified atom stereocenters. The molecule has 0 amide bonds. The van der Waals surface area contributed by atoms with Crippen molar-refractivity contribution in [3.05, 3.63) is 46.1 Å². The first kappa shape index (κ1) is 10.8. The normalized spacial score (nSPS) is 13.9. The van der Waals surface area contributed by atoms with Crippen molar-refractivity contribution in [2.24, 2.45) is 0 Å². The van der Waals surface area contributed by atoms with Gasteiger partial charge >= 0.3 is 0 Å². The highest BCUT2D eigenvalue weighted by atomic mass is 35.5. The number of nitrogens with zero attached hydrogens (tertiary/aromatic N) is 3. The number of fused-ring (bicyclic) bond motifs is 4. The Balaban J connectivity index is 2.31. The van der Waals surface area contributed by atoms with Crippen LogP contribution in [0.5, 0.6) is 0 Å². The SMILES string of the molecule is N#Cc1c2c(c(Cl)n3c1nc1ccccc13)CCC2. The lowest BCUT2D eigenvalue weighted by Crippen LogP contribution is -1.99. The Bertz CT molecular complexity index is 871. The molecule has 0 fully saturated rings. The summed E-state index contributed by atoms with van der Waals surface area (Å²) in [6.45, 7) is 0. The third-order valence-electron chi connectivity index (χ3n) is 3.86. The lowest BCUT2D eigenvalue weighted by atomic mass is 10.1. The van der Waals surface area contributed by atoms with Gasteiger partial charge < -0.3 is 0 Å². The average Bonchev–Trinajstić information content (AvgIpc) is 3.03. The van der Waals surface area contributed by atoms with E-state index in [1.165, 1.54) is 0 Å². The van der Waals surface area contributed by atoms with Crippen LogP contribution in [0.4, 0.5) is 0 Å². The second-order valence-electron chi connectivity index (χ2n) is 4.85. The van der Waals surface area contributed by atoms with Crippen molar-refractivity contribution < 1.29 is 0 Å². The lowest BCUT2D eigenvalue weighted by Gasteiger charge is -2.08. The number of aromatic nitrogens is 2. The fourth-order valence-electron chi connectivity index (χ4n) is 3.03. The van der Waals surface area contributed by atoms with Crippen LogP contribution in [-0.2, 0) is 12.8 Å². The zero-order chi connectivity index (χ0) is 13.0. The molecule has 0 N–H and O–H groups in total. The van der Waals surface area contributed by atoms with E-state index in [0.29, 0.717) is 11.2 Å².